The molecule has 0 radical (unpaired) electrons. The standard InChI is InChI=1S/C12H15N3O2/c1-13-6-9-2-4-10(5-3-9)15-8-11(16)14-7-12(15)17/h2-5,13H,6-8H2,1H3,(H,14,16). The van der Waals surface area contributed by atoms with E-state index < -0.39 is 0 Å². The van der Waals surface area contributed by atoms with Crippen molar-refractivity contribution in [2.24, 2.45) is 0 Å². The van der Waals surface area contributed by atoms with E-state index in [2.05, 4.69) is 10.6 Å². The molecule has 0 atom stereocenters. The summed E-state index contributed by atoms with van der Waals surface area (Å²) >= 11 is 0. The number of carbonyl (C=O) groups excluding carboxylic acids is 2. The monoisotopic (exact) mass is 233 g/mol. The fraction of sp³-hybridized carbons (Fsp3) is 0.333. The van der Waals surface area contributed by atoms with Crippen LogP contribution >= 0.6 is 0 Å². The van der Waals surface area contributed by atoms with Crippen molar-refractivity contribution in [3.05, 3.63) is 29.8 Å². The SMILES string of the molecule is CNCc1ccc(N2CC(=O)NCC2=O)cc1. The van der Waals surface area contributed by atoms with Gasteiger partial charge >= 0.3 is 0 Å². The minimum Gasteiger partial charge on any atom is -0.345 e. The van der Waals surface area contributed by atoms with Gasteiger partial charge in [0.05, 0.1) is 6.54 Å². The van der Waals surface area contributed by atoms with Crippen LogP contribution in [0.4, 0.5) is 5.69 Å². The average molecular weight is 233 g/mol. The first kappa shape index (κ1) is 11.6. The van der Waals surface area contributed by atoms with Crippen molar-refractivity contribution in [2.45, 2.75) is 6.54 Å². The molecule has 0 aliphatic carbocycles. The number of nitrogens with one attached hydrogen (secondary N) is 2. The summed E-state index contributed by atoms with van der Waals surface area (Å²) in [6.45, 7) is 0.968. The van der Waals surface area contributed by atoms with Gasteiger partial charge in [-0.1, -0.05) is 12.1 Å². The van der Waals surface area contributed by atoms with Gasteiger partial charge in [0.15, 0.2) is 0 Å². The van der Waals surface area contributed by atoms with Crippen LogP contribution in [0, 0.1) is 0 Å². The average Bonchev–Trinajstić information content (AvgIpc) is 2.34. The number of carbonyl (C=O) groups is 2. The zero-order chi connectivity index (χ0) is 12.3. The predicted octanol–water partition coefficient (Wildman–Crippen LogP) is -0.131. The Morgan fingerprint density at radius 1 is 1.29 bits per heavy atom. The largest absolute Gasteiger partial charge is 0.345 e. The molecule has 2 amide bonds. The van der Waals surface area contributed by atoms with Crippen LogP contribution in [0.1, 0.15) is 5.56 Å². The van der Waals surface area contributed by atoms with Crippen LogP contribution in [0.3, 0.4) is 0 Å². The summed E-state index contributed by atoms with van der Waals surface area (Å²) < 4.78 is 0. The summed E-state index contributed by atoms with van der Waals surface area (Å²) in [5, 5.41) is 5.58. The molecule has 2 N–H and O–H groups in total. The molecule has 1 heterocycles. The molecule has 0 bridgehead atoms. The lowest BCUT2D eigenvalue weighted by molar-refractivity contribution is -0.128. The maximum absolute atomic E-state index is 11.6. The third kappa shape index (κ3) is 2.62. The van der Waals surface area contributed by atoms with Crippen LogP contribution in [-0.4, -0.2) is 32.0 Å². The van der Waals surface area contributed by atoms with Gasteiger partial charge in [-0.2, -0.15) is 0 Å². The van der Waals surface area contributed by atoms with Crippen molar-refractivity contribution in [2.75, 3.05) is 25.0 Å². The number of hydrogen-bond donors (Lipinski definition) is 2. The van der Waals surface area contributed by atoms with Gasteiger partial charge in [-0.05, 0) is 24.7 Å². The van der Waals surface area contributed by atoms with Gasteiger partial charge in [-0.3, -0.25) is 9.59 Å². The van der Waals surface area contributed by atoms with Gasteiger partial charge in [0.25, 0.3) is 0 Å². The molecule has 1 saturated heterocycles. The Balaban J connectivity index is 2.15. The Bertz CT molecular complexity index is 428. The molecule has 2 rings (SSSR count). The molecule has 90 valence electrons. The highest BCUT2D eigenvalue weighted by Gasteiger charge is 2.23. The molecular weight excluding hydrogens is 218 g/mol. The highest BCUT2D eigenvalue weighted by molar-refractivity contribution is 6.04. The van der Waals surface area contributed by atoms with Crippen LogP contribution in [0.2, 0.25) is 0 Å². The van der Waals surface area contributed by atoms with E-state index in [9.17, 15) is 9.59 Å². The van der Waals surface area contributed by atoms with Crippen molar-refractivity contribution in [1.29, 1.82) is 0 Å². The fourth-order valence-electron chi connectivity index (χ4n) is 1.79. The van der Waals surface area contributed by atoms with E-state index in [0.29, 0.717) is 0 Å². The second-order valence-electron chi connectivity index (χ2n) is 3.95. The van der Waals surface area contributed by atoms with Crippen molar-refractivity contribution in [3.8, 4) is 0 Å². The Morgan fingerprint density at radius 3 is 2.65 bits per heavy atom. The van der Waals surface area contributed by atoms with Crippen molar-refractivity contribution < 1.29 is 9.59 Å². The zero-order valence-electron chi connectivity index (χ0n) is 9.69. The molecule has 17 heavy (non-hydrogen) atoms. The molecular formula is C12H15N3O2. The van der Waals surface area contributed by atoms with Crippen LogP contribution in [0.25, 0.3) is 0 Å². The Morgan fingerprint density at radius 2 is 2.00 bits per heavy atom. The van der Waals surface area contributed by atoms with Gasteiger partial charge < -0.3 is 15.5 Å². The van der Waals surface area contributed by atoms with E-state index in [4.69, 9.17) is 0 Å². The minimum atomic E-state index is -0.121. The van der Waals surface area contributed by atoms with Crippen LogP contribution in [0.15, 0.2) is 24.3 Å². The smallest absolute Gasteiger partial charge is 0.246 e. The third-order valence-corrected chi connectivity index (χ3v) is 2.67. The van der Waals surface area contributed by atoms with E-state index in [1.54, 1.807) is 0 Å². The molecule has 1 aliphatic heterocycles. The molecule has 0 spiro atoms. The molecule has 0 saturated carbocycles. The van der Waals surface area contributed by atoms with E-state index in [-0.39, 0.29) is 24.9 Å². The van der Waals surface area contributed by atoms with Crippen molar-refractivity contribution >= 4 is 17.5 Å². The Labute approximate surface area is 99.8 Å². The van der Waals surface area contributed by atoms with Crippen LogP contribution < -0.4 is 15.5 Å². The van der Waals surface area contributed by atoms with Gasteiger partial charge in [-0.25, -0.2) is 0 Å². The lowest BCUT2D eigenvalue weighted by Crippen LogP contribution is -2.51. The summed E-state index contributed by atoms with van der Waals surface area (Å²) in [6.07, 6.45) is 0. The van der Waals surface area contributed by atoms with E-state index >= 15 is 0 Å². The maximum atomic E-state index is 11.6. The van der Waals surface area contributed by atoms with Gasteiger partial charge in [0.1, 0.15) is 6.54 Å². The number of nitrogens with zero attached hydrogens (tertiary/aromatic N) is 1. The Hall–Kier alpha value is -1.88. The lowest BCUT2D eigenvalue weighted by atomic mass is 10.2. The molecule has 5 nitrogen and oxygen atoms in total. The summed E-state index contributed by atoms with van der Waals surface area (Å²) in [7, 11) is 1.88. The quantitative estimate of drug-likeness (QED) is 0.764. The highest BCUT2D eigenvalue weighted by Crippen LogP contribution is 2.16. The summed E-state index contributed by atoms with van der Waals surface area (Å²) in [5.41, 5.74) is 1.91. The van der Waals surface area contributed by atoms with Gasteiger partial charge in [0.2, 0.25) is 11.8 Å². The number of piperazine rings is 1. The number of hydrogen-bond acceptors (Lipinski definition) is 3. The van der Waals surface area contributed by atoms with E-state index in [1.165, 1.54) is 4.90 Å². The second kappa shape index (κ2) is 4.97. The first-order chi connectivity index (χ1) is 8.20. The topological polar surface area (TPSA) is 61.4 Å². The molecule has 1 aromatic carbocycles. The predicted molar refractivity (Wildman–Crippen MR) is 64.6 cm³/mol. The molecule has 0 unspecified atom stereocenters. The summed E-state index contributed by atoms with van der Waals surface area (Å²) in [6, 6.07) is 7.63. The van der Waals surface area contributed by atoms with Gasteiger partial charge in [-0.15, -0.1) is 0 Å². The first-order valence-electron chi connectivity index (χ1n) is 5.51. The summed E-state index contributed by atoms with van der Waals surface area (Å²) in [5.74, 6) is -0.199. The third-order valence-electron chi connectivity index (χ3n) is 2.67. The lowest BCUT2D eigenvalue weighted by Gasteiger charge is -2.26. The number of rotatable bonds is 3. The molecule has 0 aromatic heterocycles. The first-order valence-corrected chi connectivity index (χ1v) is 5.51. The van der Waals surface area contributed by atoms with E-state index in [0.717, 1.165) is 17.8 Å². The maximum Gasteiger partial charge on any atom is 0.246 e. The minimum absolute atomic E-state index is 0.0778. The second-order valence-corrected chi connectivity index (χ2v) is 3.95. The zero-order valence-corrected chi connectivity index (χ0v) is 9.69. The highest BCUT2D eigenvalue weighted by atomic mass is 16.2. The fourth-order valence-corrected chi connectivity index (χ4v) is 1.79. The van der Waals surface area contributed by atoms with Crippen LogP contribution in [-0.2, 0) is 16.1 Å². The number of amides is 2. The normalized spacial score (nSPS) is 15.9. The van der Waals surface area contributed by atoms with Crippen molar-refractivity contribution in [3.63, 3.8) is 0 Å². The molecule has 1 fully saturated rings. The van der Waals surface area contributed by atoms with E-state index in [1.807, 2.05) is 31.3 Å². The van der Waals surface area contributed by atoms with Crippen molar-refractivity contribution in [1.82, 2.24) is 10.6 Å². The molecule has 1 aromatic rings. The number of anilines is 1. The van der Waals surface area contributed by atoms with Gasteiger partial charge in [0, 0.05) is 12.2 Å². The van der Waals surface area contributed by atoms with Crippen LogP contribution in [0.5, 0.6) is 0 Å². The Kier molecular flexibility index (Phi) is 3.39. The number of benzene rings is 1. The molecule has 1 aliphatic rings. The molecule has 5 heteroatoms. The summed E-state index contributed by atoms with van der Waals surface area (Å²) in [4.78, 5) is 24.4.